The van der Waals surface area contributed by atoms with Gasteiger partial charge in [-0.1, -0.05) is 95.1 Å². The molecule has 0 saturated heterocycles. The number of carbonyl (C=O) groups is 6. The number of carbonyl (C=O) groups excluding carboxylic acids is 5. The molecule has 23 heteroatoms. The Kier molecular flexibility index (Phi) is 17.5. The van der Waals surface area contributed by atoms with Crippen LogP contribution in [0.4, 0.5) is 17.5 Å². The Morgan fingerprint density at radius 2 is 1.18 bits per heavy atom. The number of ether oxygens (including phenoxy) is 1. The highest BCUT2D eigenvalue weighted by atomic mass is 35.5. The number of ketones is 2. The van der Waals surface area contributed by atoms with E-state index in [1.165, 1.54) is 42.8 Å². The molecule has 0 aliphatic carbocycles. The molecule has 7 aromatic rings. The van der Waals surface area contributed by atoms with E-state index in [0.29, 0.717) is 44.8 Å². The molecule has 3 N–H and O–H groups in total. The number of nitrogens with zero attached hydrogens (tertiary/aromatic N) is 7. The van der Waals surface area contributed by atoms with Crippen molar-refractivity contribution in [1.29, 1.82) is 0 Å². The summed E-state index contributed by atoms with van der Waals surface area (Å²) < 4.78 is 10.5. The summed E-state index contributed by atoms with van der Waals surface area (Å²) in [6.07, 6.45) is 1.44. The molecule has 0 amide bonds. The summed E-state index contributed by atoms with van der Waals surface area (Å²) in [4.78, 5) is 104. The smallest absolute Gasteiger partial charge is 0.376 e. The third-order valence-corrected chi connectivity index (χ3v) is 13.3. The van der Waals surface area contributed by atoms with Gasteiger partial charge in [-0.05, 0) is 53.6 Å². The van der Waals surface area contributed by atoms with Crippen LogP contribution in [-0.2, 0) is 50.1 Å². The fourth-order valence-corrected chi connectivity index (χ4v) is 9.10. The zero-order chi connectivity index (χ0) is 54.4. The number of esters is 1. The molecule has 0 bridgehead atoms. The molecular weight excluding hydrogens is 1030 g/mol. The van der Waals surface area contributed by atoms with Crippen LogP contribution in [0.15, 0.2) is 101 Å². The Labute approximate surface area is 442 Å². The lowest BCUT2D eigenvalue weighted by molar-refractivity contribution is -0.151. The van der Waals surface area contributed by atoms with Crippen molar-refractivity contribution in [3.63, 3.8) is 0 Å². The molecule has 0 atom stereocenters. The van der Waals surface area contributed by atoms with Gasteiger partial charge >= 0.3 is 11.9 Å². The van der Waals surface area contributed by atoms with E-state index in [-0.39, 0.29) is 34.3 Å². The topological polar surface area (TPSA) is 239 Å². The first-order chi connectivity index (χ1) is 34.8. The summed E-state index contributed by atoms with van der Waals surface area (Å²) in [5.74, 6) is -4.05. The van der Waals surface area contributed by atoms with Gasteiger partial charge < -0.3 is 29.9 Å². The summed E-state index contributed by atoms with van der Waals surface area (Å²) in [6, 6.07) is 24.5. The van der Waals surface area contributed by atoms with E-state index in [4.69, 9.17) is 28.3 Å². The average molecular weight is 1090 g/mol. The van der Waals surface area contributed by atoms with Crippen molar-refractivity contribution in [2.24, 2.45) is 10.8 Å². The van der Waals surface area contributed by atoms with Gasteiger partial charge in [0, 0.05) is 53.0 Å². The number of methoxy groups -OCH3 is 1. The van der Waals surface area contributed by atoms with Crippen LogP contribution in [0.5, 0.6) is 0 Å². The minimum absolute atomic E-state index is 0.118. The first-order valence-electron chi connectivity index (χ1n) is 22.6. The molecule has 0 fully saturated rings. The van der Waals surface area contributed by atoms with E-state index in [1.54, 1.807) is 103 Å². The Balaban J connectivity index is 0.000000241. The molecule has 0 unspecified atom stereocenters. The van der Waals surface area contributed by atoms with Gasteiger partial charge in [0.15, 0.2) is 0 Å². The molecule has 6 heterocycles. The van der Waals surface area contributed by atoms with Crippen LogP contribution >= 0.6 is 45.9 Å². The number of halogens is 2. The predicted octanol–water partition coefficient (Wildman–Crippen LogP) is 8.58. The lowest BCUT2D eigenvalue weighted by Gasteiger charge is -2.19. The van der Waals surface area contributed by atoms with E-state index in [1.807, 2.05) is 42.5 Å². The second-order valence-corrected chi connectivity index (χ2v) is 22.5. The Morgan fingerprint density at radius 3 is 1.62 bits per heavy atom. The van der Waals surface area contributed by atoms with E-state index in [9.17, 15) is 38.4 Å². The highest BCUT2D eigenvalue weighted by Crippen LogP contribution is 2.31. The van der Waals surface area contributed by atoms with Crippen molar-refractivity contribution in [2.45, 2.75) is 67.7 Å². The number of Topliss-reactive ketones (excluding diaryl/α,β-unsaturated/α-hetero) is 2. The van der Waals surface area contributed by atoms with Crippen LogP contribution in [-0.4, -0.2) is 90.3 Å². The normalized spacial score (nSPS) is 11.3. The molecule has 0 saturated carbocycles. The van der Waals surface area contributed by atoms with E-state index < -0.39 is 58.5 Å². The maximum absolute atomic E-state index is 13.5. The molecule has 0 radical (unpaired) electrons. The number of hydrogen-bond acceptors (Lipinski definition) is 16. The first kappa shape index (κ1) is 55.8. The summed E-state index contributed by atoms with van der Waals surface area (Å²) >= 11 is 14.9. The van der Waals surface area contributed by atoms with Gasteiger partial charge in [-0.15, -0.1) is 22.7 Å². The van der Waals surface area contributed by atoms with Gasteiger partial charge in [-0.25, -0.2) is 9.59 Å². The highest BCUT2D eigenvalue weighted by molar-refractivity contribution is 7.16. The minimum Gasteiger partial charge on any atom is -0.475 e. The zero-order valence-electron chi connectivity index (χ0n) is 41.8. The number of carboxylic acids is 1. The molecular formula is C51H53Cl2N9O10S2. The number of nitrogens with one attached hydrogen (secondary N) is 2. The van der Waals surface area contributed by atoms with Crippen molar-refractivity contribution in [1.82, 2.24) is 28.7 Å². The third kappa shape index (κ3) is 13.4. The van der Waals surface area contributed by atoms with Crippen molar-refractivity contribution < 1.29 is 38.6 Å². The number of thiophene rings is 2. The molecule has 19 nitrogen and oxygen atoms in total. The lowest BCUT2D eigenvalue weighted by Crippen LogP contribution is -2.33. The molecule has 6 aromatic heterocycles. The van der Waals surface area contributed by atoms with Gasteiger partial charge in [0.25, 0.3) is 34.5 Å². The third-order valence-electron chi connectivity index (χ3n) is 10.9. The van der Waals surface area contributed by atoms with Crippen molar-refractivity contribution in [3.8, 4) is 33.6 Å². The monoisotopic (exact) mass is 1090 g/mol. The first-order valence-corrected chi connectivity index (χ1v) is 25.0. The number of anilines is 3. The second kappa shape index (κ2) is 23.2. The Bertz CT molecular complexity index is 3390. The maximum Gasteiger partial charge on any atom is 0.376 e. The standard InChI is InChI=1S/C27H25ClN4O5S.C24H28ClN5O5S/c1-27(2,3)26(37)32-23(29-13-18-9-10-22(28)38-18)12-20(30-32)19-11-17(16-7-5-4-6-8-16)14-31(24(19)34)15-21(33)25(35)36;1-24(2,3)23(34)30-19(26-12-14-7-9-18(25)36-14)11-16(27-30)15-8-10-20(28(4)5)29(21(15)32)13-17(31)22(33)35-6/h4-12,14,29H,13,15H2,1-3H3,(H,35,36);7-11,26H,12-13H2,1-6H3. The van der Waals surface area contributed by atoms with Gasteiger partial charge in [-0.2, -0.15) is 19.6 Å². The summed E-state index contributed by atoms with van der Waals surface area (Å²) in [5.41, 5.74) is -0.594. The van der Waals surface area contributed by atoms with Gasteiger partial charge in [0.1, 0.15) is 28.8 Å². The van der Waals surface area contributed by atoms with E-state index in [2.05, 4.69) is 25.6 Å². The fourth-order valence-electron chi connectivity index (χ4n) is 7.05. The number of aromatic nitrogens is 6. The SMILES string of the molecule is CC(C)(C)C(=O)n1nc(-c2cc(-c3ccccc3)cn(CC(=O)C(=O)O)c2=O)cc1NCc1ccc(Cl)s1.COC(=O)C(=O)Cn1c(N(C)C)ccc(-c2cc(NCc3ccc(Cl)s3)n(C(=O)C(C)(C)C)n2)c1=O. The number of rotatable bonds is 16. The van der Waals surface area contributed by atoms with Gasteiger partial charge in [-0.3, -0.25) is 33.3 Å². The zero-order valence-corrected chi connectivity index (χ0v) is 45.0. The van der Waals surface area contributed by atoms with E-state index >= 15 is 0 Å². The lowest BCUT2D eigenvalue weighted by atomic mass is 9.96. The number of hydrogen-bond donors (Lipinski definition) is 3. The molecule has 74 heavy (non-hydrogen) atoms. The number of carboxylic acid groups (broad SMARTS) is 1. The van der Waals surface area contributed by atoms with Crippen molar-refractivity contribution >= 4 is 98.6 Å². The largest absolute Gasteiger partial charge is 0.475 e. The fraction of sp³-hybridized carbons (Fsp3) is 0.294. The summed E-state index contributed by atoms with van der Waals surface area (Å²) in [5, 5.41) is 24.4. The average Bonchev–Trinajstić information content (AvgIpc) is 4.17. The summed E-state index contributed by atoms with van der Waals surface area (Å²) in [7, 11) is 4.52. The van der Waals surface area contributed by atoms with Gasteiger partial charge in [0.2, 0.25) is 0 Å². The molecule has 388 valence electrons. The molecule has 7 rings (SSSR count). The molecule has 0 aliphatic rings. The number of pyridine rings is 2. The molecule has 1 aromatic carbocycles. The van der Waals surface area contributed by atoms with Crippen molar-refractivity contribution in [2.75, 3.05) is 36.7 Å². The maximum atomic E-state index is 13.5. The predicted molar refractivity (Wildman–Crippen MR) is 287 cm³/mol. The van der Waals surface area contributed by atoms with Crippen LogP contribution in [0.2, 0.25) is 8.67 Å². The van der Waals surface area contributed by atoms with Crippen LogP contribution in [0.1, 0.15) is 60.9 Å². The molecule has 0 aliphatic heterocycles. The van der Waals surface area contributed by atoms with Crippen LogP contribution in [0.25, 0.3) is 33.6 Å². The highest BCUT2D eigenvalue weighted by Gasteiger charge is 2.30. The molecule has 0 spiro atoms. The van der Waals surface area contributed by atoms with Crippen LogP contribution in [0, 0.1) is 10.8 Å². The quantitative estimate of drug-likeness (QED) is 0.0607. The van der Waals surface area contributed by atoms with Gasteiger partial charge in [0.05, 0.1) is 53.1 Å². The van der Waals surface area contributed by atoms with Crippen molar-refractivity contribution in [3.05, 3.63) is 130 Å². The second-order valence-electron chi connectivity index (χ2n) is 18.9. The summed E-state index contributed by atoms with van der Waals surface area (Å²) in [6.45, 7) is 10.2. The Hall–Kier alpha value is -7.46. The number of aliphatic carboxylic acids is 1. The minimum atomic E-state index is -1.64. The van der Waals surface area contributed by atoms with Crippen LogP contribution in [0.3, 0.4) is 0 Å². The van der Waals surface area contributed by atoms with Crippen LogP contribution < -0.4 is 26.7 Å². The Morgan fingerprint density at radius 1 is 0.662 bits per heavy atom. The van der Waals surface area contributed by atoms with E-state index in [0.717, 1.165) is 27.0 Å². The number of benzene rings is 1.